The number of methoxy groups -OCH3 is 1. The lowest BCUT2D eigenvalue weighted by Crippen LogP contribution is -2.31. The van der Waals surface area contributed by atoms with E-state index in [-0.39, 0.29) is 5.91 Å². The van der Waals surface area contributed by atoms with E-state index in [4.69, 9.17) is 4.74 Å². The molecule has 1 fully saturated rings. The summed E-state index contributed by atoms with van der Waals surface area (Å²) in [6, 6.07) is 4.31. The molecule has 0 aromatic carbocycles. The number of amides is 1. The lowest BCUT2D eigenvalue weighted by atomic mass is 10.1. The average Bonchev–Trinajstić information content (AvgIpc) is 3.07. The van der Waals surface area contributed by atoms with Gasteiger partial charge < -0.3 is 19.9 Å². The van der Waals surface area contributed by atoms with Gasteiger partial charge in [0.1, 0.15) is 5.69 Å². The molecule has 106 valence electrons. The Balaban J connectivity index is 1.77. The second kappa shape index (κ2) is 7.31. The van der Waals surface area contributed by atoms with E-state index in [0.717, 1.165) is 19.5 Å². The van der Waals surface area contributed by atoms with Gasteiger partial charge in [-0.1, -0.05) is 0 Å². The maximum absolute atomic E-state index is 12.1. The van der Waals surface area contributed by atoms with Gasteiger partial charge in [0.05, 0.1) is 6.61 Å². The first-order chi connectivity index (χ1) is 9.31. The van der Waals surface area contributed by atoms with Gasteiger partial charge in [-0.05, 0) is 37.9 Å². The van der Waals surface area contributed by atoms with Crippen molar-refractivity contribution in [3.05, 3.63) is 24.0 Å². The second-order valence-electron chi connectivity index (χ2n) is 4.92. The van der Waals surface area contributed by atoms with Gasteiger partial charge in [0, 0.05) is 32.4 Å². The maximum atomic E-state index is 12.1. The fraction of sp³-hybridized carbons (Fsp3) is 0.643. The smallest absolute Gasteiger partial charge is 0.267 e. The van der Waals surface area contributed by atoms with E-state index in [1.807, 2.05) is 22.9 Å². The van der Waals surface area contributed by atoms with Crippen LogP contribution >= 0.6 is 0 Å². The van der Waals surface area contributed by atoms with Crippen LogP contribution in [0.25, 0.3) is 0 Å². The predicted molar refractivity (Wildman–Crippen MR) is 74.3 cm³/mol. The summed E-state index contributed by atoms with van der Waals surface area (Å²) in [5, 5.41) is 6.42. The summed E-state index contributed by atoms with van der Waals surface area (Å²) in [7, 11) is 1.66. The first-order valence-corrected chi connectivity index (χ1v) is 6.97. The molecule has 1 aliphatic rings. The van der Waals surface area contributed by atoms with Crippen molar-refractivity contribution < 1.29 is 9.53 Å². The molecule has 0 radical (unpaired) electrons. The number of carbonyl (C=O) groups excluding carboxylic acids is 1. The van der Waals surface area contributed by atoms with E-state index in [0.29, 0.717) is 24.9 Å². The summed E-state index contributed by atoms with van der Waals surface area (Å²) in [6.45, 7) is 3.15. The van der Waals surface area contributed by atoms with Crippen molar-refractivity contribution in [3.63, 3.8) is 0 Å². The van der Waals surface area contributed by atoms with Crippen LogP contribution in [0, 0.1) is 0 Å². The van der Waals surface area contributed by atoms with Gasteiger partial charge in [0.2, 0.25) is 0 Å². The first-order valence-electron chi connectivity index (χ1n) is 6.97. The highest BCUT2D eigenvalue weighted by atomic mass is 16.5. The first kappa shape index (κ1) is 14.1. The summed E-state index contributed by atoms with van der Waals surface area (Å²) in [5.74, 6) is -0.000833. The van der Waals surface area contributed by atoms with Gasteiger partial charge in [-0.15, -0.1) is 0 Å². The number of nitrogens with one attached hydrogen (secondary N) is 2. The molecule has 1 aromatic heterocycles. The van der Waals surface area contributed by atoms with Gasteiger partial charge in [-0.3, -0.25) is 4.79 Å². The van der Waals surface area contributed by atoms with Crippen LogP contribution in [0.5, 0.6) is 0 Å². The minimum atomic E-state index is -0.000833. The Kier molecular flexibility index (Phi) is 5.42. The molecule has 5 nitrogen and oxygen atoms in total. The van der Waals surface area contributed by atoms with Crippen molar-refractivity contribution in [3.8, 4) is 0 Å². The Morgan fingerprint density at radius 1 is 1.63 bits per heavy atom. The third-order valence-electron chi connectivity index (χ3n) is 3.54. The van der Waals surface area contributed by atoms with Crippen molar-refractivity contribution in [2.75, 3.05) is 26.8 Å². The predicted octanol–water partition coefficient (Wildman–Crippen LogP) is 1.01. The summed E-state index contributed by atoms with van der Waals surface area (Å²) >= 11 is 0. The van der Waals surface area contributed by atoms with Crippen LogP contribution in [-0.4, -0.2) is 43.3 Å². The summed E-state index contributed by atoms with van der Waals surface area (Å²) < 4.78 is 6.96. The lowest BCUT2D eigenvalue weighted by Gasteiger charge is -2.12. The Morgan fingerprint density at radius 2 is 2.53 bits per heavy atom. The molecule has 2 N–H and O–H groups in total. The van der Waals surface area contributed by atoms with Crippen molar-refractivity contribution >= 4 is 5.91 Å². The Morgan fingerprint density at radius 3 is 3.26 bits per heavy atom. The van der Waals surface area contributed by atoms with Gasteiger partial charge >= 0.3 is 0 Å². The van der Waals surface area contributed by atoms with E-state index in [1.165, 1.54) is 12.8 Å². The molecule has 1 amide bonds. The standard InChI is InChI=1S/C14H23N3O2/c1-19-11-10-17-9-3-5-13(17)14(18)16-8-6-12-4-2-7-15-12/h3,5,9,12,15H,2,4,6-8,10-11H2,1H3,(H,16,18). The Labute approximate surface area is 114 Å². The number of rotatable bonds is 7. The van der Waals surface area contributed by atoms with Crippen LogP contribution in [0.4, 0.5) is 0 Å². The van der Waals surface area contributed by atoms with E-state index in [9.17, 15) is 4.79 Å². The zero-order chi connectivity index (χ0) is 13.5. The van der Waals surface area contributed by atoms with Gasteiger partial charge in [0.15, 0.2) is 0 Å². The average molecular weight is 265 g/mol. The van der Waals surface area contributed by atoms with Crippen LogP contribution in [0.1, 0.15) is 29.8 Å². The van der Waals surface area contributed by atoms with Crippen molar-refractivity contribution in [2.24, 2.45) is 0 Å². The monoisotopic (exact) mass is 265 g/mol. The fourth-order valence-corrected chi connectivity index (χ4v) is 2.46. The second-order valence-corrected chi connectivity index (χ2v) is 4.92. The van der Waals surface area contributed by atoms with Crippen molar-refractivity contribution in [2.45, 2.75) is 31.8 Å². The highest BCUT2D eigenvalue weighted by Gasteiger charge is 2.15. The minimum absolute atomic E-state index is 0.000833. The molecular formula is C14H23N3O2. The molecule has 1 aliphatic heterocycles. The third-order valence-corrected chi connectivity index (χ3v) is 3.54. The third kappa shape index (κ3) is 4.08. The Bertz CT molecular complexity index is 397. The van der Waals surface area contributed by atoms with E-state index in [1.54, 1.807) is 7.11 Å². The number of aromatic nitrogens is 1. The molecule has 0 saturated carbocycles. The molecule has 1 unspecified atom stereocenters. The van der Waals surface area contributed by atoms with E-state index in [2.05, 4.69) is 10.6 Å². The summed E-state index contributed by atoms with van der Waals surface area (Å²) in [5.41, 5.74) is 0.705. The van der Waals surface area contributed by atoms with Crippen molar-refractivity contribution in [1.29, 1.82) is 0 Å². The van der Waals surface area contributed by atoms with E-state index < -0.39 is 0 Å². The molecule has 2 rings (SSSR count). The normalized spacial score (nSPS) is 18.7. The molecule has 0 spiro atoms. The lowest BCUT2D eigenvalue weighted by molar-refractivity contribution is 0.0940. The molecule has 0 aliphatic carbocycles. The molecule has 1 aromatic rings. The van der Waals surface area contributed by atoms with Gasteiger partial charge in [-0.25, -0.2) is 0 Å². The SMILES string of the molecule is COCCn1cccc1C(=O)NCCC1CCCN1. The molecule has 0 bridgehead atoms. The molecule has 5 heteroatoms. The van der Waals surface area contributed by atoms with Crippen molar-refractivity contribution in [1.82, 2.24) is 15.2 Å². The minimum Gasteiger partial charge on any atom is -0.383 e. The van der Waals surface area contributed by atoms with Crippen LogP contribution in [0.2, 0.25) is 0 Å². The quantitative estimate of drug-likeness (QED) is 0.773. The van der Waals surface area contributed by atoms with Crippen LogP contribution < -0.4 is 10.6 Å². The fourth-order valence-electron chi connectivity index (χ4n) is 2.46. The summed E-state index contributed by atoms with van der Waals surface area (Å²) in [4.78, 5) is 12.1. The maximum Gasteiger partial charge on any atom is 0.267 e. The zero-order valence-corrected chi connectivity index (χ0v) is 11.5. The number of hydrogen-bond donors (Lipinski definition) is 2. The zero-order valence-electron chi connectivity index (χ0n) is 11.5. The molecule has 2 heterocycles. The highest BCUT2D eigenvalue weighted by molar-refractivity contribution is 5.92. The van der Waals surface area contributed by atoms with Gasteiger partial charge in [-0.2, -0.15) is 0 Å². The number of carbonyl (C=O) groups is 1. The summed E-state index contributed by atoms with van der Waals surface area (Å²) in [6.07, 6.45) is 5.38. The molecule has 19 heavy (non-hydrogen) atoms. The van der Waals surface area contributed by atoms with E-state index >= 15 is 0 Å². The number of nitrogens with zero attached hydrogens (tertiary/aromatic N) is 1. The topological polar surface area (TPSA) is 55.3 Å². The largest absolute Gasteiger partial charge is 0.383 e. The van der Waals surface area contributed by atoms with Crippen LogP contribution in [-0.2, 0) is 11.3 Å². The van der Waals surface area contributed by atoms with Gasteiger partial charge in [0.25, 0.3) is 5.91 Å². The number of ether oxygens (including phenoxy) is 1. The molecule has 1 saturated heterocycles. The van der Waals surface area contributed by atoms with Crippen LogP contribution in [0.15, 0.2) is 18.3 Å². The number of hydrogen-bond acceptors (Lipinski definition) is 3. The Hall–Kier alpha value is -1.33. The molecule has 1 atom stereocenters. The molecular weight excluding hydrogens is 242 g/mol. The van der Waals surface area contributed by atoms with Crippen LogP contribution in [0.3, 0.4) is 0 Å². The highest BCUT2D eigenvalue weighted by Crippen LogP contribution is 2.08.